The van der Waals surface area contributed by atoms with Gasteiger partial charge in [-0.3, -0.25) is 10.00 Å². The maximum atomic E-state index is 5.96. The zero-order valence-electron chi connectivity index (χ0n) is 20.4. The summed E-state index contributed by atoms with van der Waals surface area (Å²) in [6.45, 7) is 5.26. The number of rotatable bonds is 10. The molecule has 2 aromatic heterocycles. The van der Waals surface area contributed by atoms with E-state index < -0.39 is 0 Å². The van der Waals surface area contributed by atoms with E-state index in [1.165, 1.54) is 11.1 Å². The van der Waals surface area contributed by atoms with Gasteiger partial charge in [0.1, 0.15) is 5.82 Å². The van der Waals surface area contributed by atoms with E-state index in [1.807, 2.05) is 24.4 Å². The van der Waals surface area contributed by atoms with Crippen molar-refractivity contribution in [2.75, 3.05) is 13.7 Å². The van der Waals surface area contributed by atoms with Gasteiger partial charge in [0.2, 0.25) is 0 Å². The summed E-state index contributed by atoms with van der Waals surface area (Å²) in [7, 11) is 2.12. The Hall–Kier alpha value is -2.94. The van der Waals surface area contributed by atoms with Crippen LogP contribution >= 0.6 is 11.8 Å². The zero-order valence-corrected chi connectivity index (χ0v) is 21.2. The number of thioether (sulfide) groups is 1. The largest absolute Gasteiger partial charge is 0.376 e. The third kappa shape index (κ3) is 5.83. The second kappa shape index (κ2) is 11.2. The lowest BCUT2D eigenvalue weighted by molar-refractivity contribution is 0.0934. The van der Waals surface area contributed by atoms with Crippen LogP contribution in [0.25, 0.3) is 11.3 Å². The molecule has 0 spiro atoms. The summed E-state index contributed by atoms with van der Waals surface area (Å²) in [4.78, 5) is 2.27. The molecule has 0 bridgehead atoms. The van der Waals surface area contributed by atoms with Crippen molar-refractivity contribution >= 4 is 11.8 Å². The summed E-state index contributed by atoms with van der Waals surface area (Å²) < 4.78 is 8.23. The van der Waals surface area contributed by atoms with E-state index in [1.54, 1.807) is 11.8 Å². The molecule has 1 N–H and O–H groups in total. The molecule has 2 aromatic carbocycles. The van der Waals surface area contributed by atoms with Crippen molar-refractivity contribution < 1.29 is 4.74 Å². The molecular formula is C27H32N6OS. The highest BCUT2D eigenvalue weighted by Crippen LogP contribution is 2.27. The molecule has 0 amide bonds. The van der Waals surface area contributed by atoms with Crippen LogP contribution in [-0.2, 0) is 30.1 Å². The number of nitrogens with one attached hydrogen (secondary N) is 1. The number of benzene rings is 2. The minimum Gasteiger partial charge on any atom is -0.376 e. The quantitative estimate of drug-likeness (QED) is 0.314. The fourth-order valence-corrected chi connectivity index (χ4v) is 5.55. The van der Waals surface area contributed by atoms with Gasteiger partial charge in [-0.25, -0.2) is 0 Å². The third-order valence-corrected chi connectivity index (χ3v) is 7.47. The highest BCUT2D eigenvalue weighted by Gasteiger charge is 2.22. The molecule has 8 heteroatoms. The first-order valence-corrected chi connectivity index (χ1v) is 13.1. The van der Waals surface area contributed by atoms with Crippen LogP contribution in [0.3, 0.4) is 0 Å². The van der Waals surface area contributed by atoms with Gasteiger partial charge in [0.15, 0.2) is 5.16 Å². The maximum Gasteiger partial charge on any atom is 0.191 e. The first-order valence-electron chi connectivity index (χ1n) is 12.1. The Morgan fingerprint density at radius 2 is 1.89 bits per heavy atom. The molecule has 5 rings (SSSR count). The van der Waals surface area contributed by atoms with Gasteiger partial charge in [-0.05, 0) is 43.5 Å². The fraction of sp³-hybridized carbons (Fsp3) is 0.370. The van der Waals surface area contributed by atoms with Crippen LogP contribution in [0.15, 0.2) is 66.0 Å². The van der Waals surface area contributed by atoms with E-state index in [9.17, 15) is 0 Å². The van der Waals surface area contributed by atoms with Crippen LogP contribution < -0.4 is 0 Å². The lowest BCUT2D eigenvalue weighted by Crippen LogP contribution is -2.23. The lowest BCUT2D eigenvalue weighted by Gasteiger charge is -2.19. The predicted octanol–water partition coefficient (Wildman–Crippen LogP) is 5.08. The van der Waals surface area contributed by atoms with Crippen LogP contribution in [0.4, 0.5) is 0 Å². The van der Waals surface area contributed by atoms with Gasteiger partial charge >= 0.3 is 0 Å². The Balaban J connectivity index is 1.31. The molecule has 1 atom stereocenters. The number of H-pyrrole nitrogens is 1. The summed E-state index contributed by atoms with van der Waals surface area (Å²) in [5, 5.41) is 17.6. The minimum absolute atomic E-state index is 0.228. The average molecular weight is 489 g/mol. The molecular weight excluding hydrogens is 456 g/mol. The zero-order chi connectivity index (χ0) is 24.0. The minimum atomic E-state index is 0.228. The number of hydrogen-bond donors (Lipinski definition) is 1. The molecule has 1 saturated heterocycles. The number of ether oxygens (including phenoxy) is 1. The van der Waals surface area contributed by atoms with Crippen LogP contribution in [0.5, 0.6) is 0 Å². The van der Waals surface area contributed by atoms with Crippen molar-refractivity contribution in [2.24, 2.45) is 0 Å². The number of aromatic amines is 1. The van der Waals surface area contributed by atoms with Crippen LogP contribution in [0.2, 0.25) is 0 Å². The average Bonchev–Trinajstić information content (AvgIpc) is 3.63. The van der Waals surface area contributed by atoms with Crippen LogP contribution in [0, 0.1) is 6.92 Å². The highest BCUT2D eigenvalue weighted by atomic mass is 32.2. The molecule has 182 valence electrons. The first-order chi connectivity index (χ1) is 17.2. The Labute approximate surface area is 210 Å². The van der Waals surface area contributed by atoms with Crippen molar-refractivity contribution in [1.82, 2.24) is 29.9 Å². The van der Waals surface area contributed by atoms with Crippen molar-refractivity contribution in [3.05, 3.63) is 83.3 Å². The molecule has 0 saturated carbocycles. The van der Waals surface area contributed by atoms with Gasteiger partial charge in [0.25, 0.3) is 0 Å². The number of nitrogens with zero attached hydrogens (tertiary/aromatic N) is 5. The van der Waals surface area contributed by atoms with E-state index in [0.29, 0.717) is 6.54 Å². The molecule has 0 aliphatic carbocycles. The summed E-state index contributed by atoms with van der Waals surface area (Å²) >= 11 is 1.75. The Bertz CT molecular complexity index is 1230. The van der Waals surface area contributed by atoms with Crippen molar-refractivity contribution in [1.29, 1.82) is 0 Å². The number of hydrogen-bond acceptors (Lipinski definition) is 6. The molecule has 35 heavy (non-hydrogen) atoms. The molecule has 1 unspecified atom stereocenters. The van der Waals surface area contributed by atoms with Gasteiger partial charge < -0.3 is 9.30 Å². The van der Waals surface area contributed by atoms with E-state index in [4.69, 9.17) is 4.74 Å². The molecule has 3 heterocycles. The maximum absolute atomic E-state index is 5.96. The second-order valence-electron chi connectivity index (χ2n) is 9.17. The van der Waals surface area contributed by atoms with Crippen molar-refractivity contribution in [3.8, 4) is 11.3 Å². The van der Waals surface area contributed by atoms with Crippen molar-refractivity contribution in [2.45, 2.75) is 56.4 Å². The molecule has 7 nitrogen and oxygen atoms in total. The van der Waals surface area contributed by atoms with E-state index in [0.717, 1.165) is 66.1 Å². The van der Waals surface area contributed by atoms with Gasteiger partial charge in [-0.15, -0.1) is 10.2 Å². The summed E-state index contributed by atoms with van der Waals surface area (Å²) in [5.74, 6) is 1.85. The number of aryl methyl sites for hydroxylation is 1. The normalized spacial score (nSPS) is 15.8. The second-order valence-corrected chi connectivity index (χ2v) is 10.1. The molecule has 1 fully saturated rings. The number of aromatic nitrogens is 5. The van der Waals surface area contributed by atoms with E-state index in [2.05, 4.69) is 80.2 Å². The Morgan fingerprint density at radius 1 is 1.06 bits per heavy atom. The molecule has 0 radical (unpaired) electrons. The van der Waals surface area contributed by atoms with E-state index in [-0.39, 0.29) is 6.10 Å². The SMILES string of the molecule is Cc1ccccc1CSc1nnc(CN(C)Cc2cn[nH]c2-c2ccccc2)n1CC1CCCO1. The first kappa shape index (κ1) is 23.8. The molecule has 1 aliphatic rings. The van der Waals surface area contributed by atoms with Crippen LogP contribution in [-0.4, -0.2) is 49.6 Å². The standard InChI is InChI=1S/C27H32N6OS/c1-20-9-6-7-12-22(20)19-35-27-31-29-25(33(27)17-24-13-8-14-34-24)18-32(2)16-23-15-28-30-26(23)21-10-4-3-5-11-21/h3-7,9-12,15,24H,8,13-14,16-19H2,1-2H3,(H,28,30). The van der Waals surface area contributed by atoms with Crippen LogP contribution in [0.1, 0.15) is 35.4 Å². The summed E-state index contributed by atoms with van der Waals surface area (Å²) in [6, 6.07) is 18.9. The molecule has 4 aromatic rings. The smallest absolute Gasteiger partial charge is 0.191 e. The van der Waals surface area contributed by atoms with Crippen molar-refractivity contribution in [3.63, 3.8) is 0 Å². The van der Waals surface area contributed by atoms with Gasteiger partial charge in [-0.2, -0.15) is 5.10 Å². The lowest BCUT2D eigenvalue weighted by atomic mass is 10.1. The van der Waals surface area contributed by atoms with Gasteiger partial charge in [0, 0.05) is 24.5 Å². The summed E-state index contributed by atoms with van der Waals surface area (Å²) in [5.41, 5.74) is 6.01. The van der Waals surface area contributed by atoms with Gasteiger partial charge in [0.05, 0.1) is 31.1 Å². The topological polar surface area (TPSA) is 71.9 Å². The third-order valence-electron chi connectivity index (χ3n) is 6.45. The fourth-order valence-electron chi connectivity index (χ4n) is 4.51. The van der Waals surface area contributed by atoms with Gasteiger partial charge in [-0.1, -0.05) is 66.4 Å². The summed E-state index contributed by atoms with van der Waals surface area (Å²) in [6.07, 6.45) is 4.35. The Kier molecular flexibility index (Phi) is 7.61. The molecule has 1 aliphatic heterocycles. The van der Waals surface area contributed by atoms with E-state index >= 15 is 0 Å². The highest BCUT2D eigenvalue weighted by molar-refractivity contribution is 7.98. The monoisotopic (exact) mass is 488 g/mol. The Morgan fingerprint density at radius 3 is 2.69 bits per heavy atom. The predicted molar refractivity (Wildman–Crippen MR) is 139 cm³/mol.